The van der Waals surface area contributed by atoms with Gasteiger partial charge in [0, 0.05) is 44.6 Å². The van der Waals surface area contributed by atoms with Crippen LogP contribution in [0, 0.1) is 6.92 Å². The molecular weight excluding hydrogens is 370 g/mol. The first-order chi connectivity index (χ1) is 14.0. The number of rotatable bonds is 4. The molecule has 8 heteroatoms. The molecule has 2 saturated heterocycles. The number of hydrogen-bond acceptors (Lipinski definition) is 6. The first kappa shape index (κ1) is 19.0. The van der Waals surface area contributed by atoms with E-state index in [1.807, 2.05) is 43.3 Å². The Bertz CT molecular complexity index is 920. The molecule has 0 aliphatic carbocycles. The van der Waals surface area contributed by atoms with Gasteiger partial charge in [0.15, 0.2) is 5.82 Å². The lowest BCUT2D eigenvalue weighted by molar-refractivity contribution is -0.145. The van der Waals surface area contributed by atoms with Gasteiger partial charge in [0.2, 0.25) is 17.7 Å². The van der Waals surface area contributed by atoms with Crippen molar-refractivity contribution in [3.63, 3.8) is 0 Å². The highest BCUT2D eigenvalue weighted by atomic mass is 16.2. The van der Waals surface area contributed by atoms with Gasteiger partial charge in [-0.05, 0) is 24.6 Å². The van der Waals surface area contributed by atoms with Crippen LogP contribution in [0.3, 0.4) is 0 Å². The Labute approximate surface area is 169 Å². The quantitative estimate of drug-likeness (QED) is 0.727. The van der Waals surface area contributed by atoms with Crippen molar-refractivity contribution in [3.05, 3.63) is 42.0 Å². The SMILES string of the molecule is Cc1ccccc1-c1ccc(N2CCN(C(=O)CN3C(=O)CCC3=O)CC2)nn1. The average molecular weight is 393 g/mol. The molecule has 3 heterocycles. The number of amides is 3. The van der Waals surface area contributed by atoms with Crippen molar-refractivity contribution in [2.45, 2.75) is 19.8 Å². The fourth-order valence-corrected chi connectivity index (χ4v) is 3.72. The van der Waals surface area contributed by atoms with Crippen LogP contribution in [-0.4, -0.2) is 70.4 Å². The van der Waals surface area contributed by atoms with E-state index in [1.165, 1.54) is 0 Å². The van der Waals surface area contributed by atoms with E-state index >= 15 is 0 Å². The molecule has 0 unspecified atom stereocenters. The van der Waals surface area contributed by atoms with Gasteiger partial charge in [-0.1, -0.05) is 24.3 Å². The molecule has 1 aromatic carbocycles. The van der Waals surface area contributed by atoms with Crippen LogP contribution in [0.4, 0.5) is 5.82 Å². The number of aryl methyl sites for hydroxylation is 1. The standard InChI is InChI=1S/C21H23N5O3/c1-15-4-2-3-5-16(15)17-6-7-18(23-22-17)24-10-12-25(13-11-24)21(29)14-26-19(27)8-9-20(26)28/h2-7H,8-14H2,1H3. The molecule has 0 saturated carbocycles. The van der Waals surface area contributed by atoms with Crippen LogP contribution in [0.15, 0.2) is 36.4 Å². The van der Waals surface area contributed by atoms with Gasteiger partial charge in [-0.3, -0.25) is 19.3 Å². The zero-order chi connectivity index (χ0) is 20.4. The van der Waals surface area contributed by atoms with Crippen LogP contribution >= 0.6 is 0 Å². The first-order valence-corrected chi connectivity index (χ1v) is 9.78. The summed E-state index contributed by atoms with van der Waals surface area (Å²) >= 11 is 0. The molecule has 2 fully saturated rings. The fraction of sp³-hybridized carbons (Fsp3) is 0.381. The Morgan fingerprint density at radius 2 is 1.62 bits per heavy atom. The molecule has 150 valence electrons. The molecule has 2 aliphatic heterocycles. The fourth-order valence-electron chi connectivity index (χ4n) is 3.72. The molecule has 0 bridgehead atoms. The van der Waals surface area contributed by atoms with Crippen molar-refractivity contribution in [2.24, 2.45) is 0 Å². The minimum absolute atomic E-state index is 0.150. The van der Waals surface area contributed by atoms with Gasteiger partial charge < -0.3 is 9.80 Å². The van der Waals surface area contributed by atoms with E-state index in [4.69, 9.17) is 0 Å². The lowest BCUT2D eigenvalue weighted by Gasteiger charge is -2.35. The minimum Gasteiger partial charge on any atom is -0.352 e. The number of likely N-dealkylation sites (tertiary alicyclic amines) is 1. The summed E-state index contributed by atoms with van der Waals surface area (Å²) in [4.78, 5) is 40.7. The molecule has 2 aromatic rings. The van der Waals surface area contributed by atoms with Gasteiger partial charge in [-0.2, -0.15) is 0 Å². The van der Waals surface area contributed by atoms with E-state index in [1.54, 1.807) is 4.90 Å². The van der Waals surface area contributed by atoms with Crippen LogP contribution in [0.2, 0.25) is 0 Å². The summed E-state index contributed by atoms with van der Waals surface area (Å²) in [6.45, 7) is 4.21. The Morgan fingerprint density at radius 3 is 2.24 bits per heavy atom. The third-order valence-corrected chi connectivity index (χ3v) is 5.48. The summed E-state index contributed by atoms with van der Waals surface area (Å²) < 4.78 is 0. The molecule has 4 rings (SSSR count). The van der Waals surface area contributed by atoms with E-state index in [0.717, 1.165) is 27.5 Å². The summed E-state index contributed by atoms with van der Waals surface area (Å²) in [7, 11) is 0. The molecule has 1 aromatic heterocycles. The largest absolute Gasteiger partial charge is 0.352 e. The van der Waals surface area contributed by atoms with Crippen LogP contribution in [0.25, 0.3) is 11.3 Å². The number of nitrogens with zero attached hydrogens (tertiary/aromatic N) is 5. The molecule has 0 N–H and O–H groups in total. The van der Waals surface area contributed by atoms with Crippen molar-refractivity contribution in [3.8, 4) is 11.3 Å². The Kier molecular flexibility index (Phi) is 5.24. The molecule has 3 amide bonds. The molecule has 0 atom stereocenters. The van der Waals surface area contributed by atoms with E-state index in [2.05, 4.69) is 15.1 Å². The van der Waals surface area contributed by atoms with E-state index in [0.29, 0.717) is 26.2 Å². The second kappa shape index (κ2) is 7.98. The van der Waals surface area contributed by atoms with Gasteiger partial charge >= 0.3 is 0 Å². The van der Waals surface area contributed by atoms with Crippen molar-refractivity contribution in [1.82, 2.24) is 20.0 Å². The second-order valence-electron chi connectivity index (χ2n) is 7.33. The number of anilines is 1. The zero-order valence-electron chi connectivity index (χ0n) is 16.4. The molecular formula is C21H23N5O3. The summed E-state index contributed by atoms with van der Waals surface area (Å²) in [5.41, 5.74) is 3.05. The number of carbonyl (C=O) groups is 3. The molecule has 29 heavy (non-hydrogen) atoms. The maximum atomic E-state index is 12.5. The Balaban J connectivity index is 1.35. The number of aromatic nitrogens is 2. The molecule has 0 radical (unpaired) electrons. The normalized spacial score (nSPS) is 17.2. The van der Waals surface area contributed by atoms with Crippen LogP contribution < -0.4 is 4.90 Å². The van der Waals surface area contributed by atoms with E-state index in [-0.39, 0.29) is 37.1 Å². The van der Waals surface area contributed by atoms with Gasteiger partial charge in [-0.25, -0.2) is 0 Å². The third-order valence-electron chi connectivity index (χ3n) is 5.48. The number of imide groups is 1. The topological polar surface area (TPSA) is 86.7 Å². The van der Waals surface area contributed by atoms with Crippen LogP contribution in [0.5, 0.6) is 0 Å². The highest BCUT2D eigenvalue weighted by Gasteiger charge is 2.32. The predicted octanol–water partition coefficient (Wildman–Crippen LogP) is 1.25. The predicted molar refractivity (Wildman–Crippen MR) is 107 cm³/mol. The van der Waals surface area contributed by atoms with Crippen molar-refractivity contribution < 1.29 is 14.4 Å². The van der Waals surface area contributed by atoms with Crippen molar-refractivity contribution >= 4 is 23.5 Å². The van der Waals surface area contributed by atoms with Crippen molar-refractivity contribution in [2.75, 3.05) is 37.6 Å². The van der Waals surface area contributed by atoms with Gasteiger partial charge in [-0.15, -0.1) is 10.2 Å². The Hall–Kier alpha value is -3.29. The second-order valence-corrected chi connectivity index (χ2v) is 7.33. The number of piperazine rings is 1. The summed E-state index contributed by atoms with van der Waals surface area (Å²) in [5.74, 6) is 0.0746. The monoisotopic (exact) mass is 393 g/mol. The van der Waals surface area contributed by atoms with Gasteiger partial charge in [0.25, 0.3) is 0 Å². The lowest BCUT2D eigenvalue weighted by atomic mass is 10.1. The number of carbonyl (C=O) groups excluding carboxylic acids is 3. The average Bonchev–Trinajstić information content (AvgIpc) is 3.06. The Morgan fingerprint density at radius 1 is 0.931 bits per heavy atom. The minimum atomic E-state index is -0.258. The van der Waals surface area contributed by atoms with Crippen molar-refractivity contribution in [1.29, 1.82) is 0 Å². The maximum absolute atomic E-state index is 12.5. The van der Waals surface area contributed by atoms with Crippen LogP contribution in [-0.2, 0) is 14.4 Å². The summed E-state index contributed by atoms with van der Waals surface area (Å²) in [5, 5.41) is 8.74. The maximum Gasteiger partial charge on any atom is 0.242 e. The molecule has 0 spiro atoms. The smallest absolute Gasteiger partial charge is 0.242 e. The highest BCUT2D eigenvalue weighted by molar-refractivity contribution is 6.04. The number of hydrogen-bond donors (Lipinski definition) is 0. The zero-order valence-corrected chi connectivity index (χ0v) is 16.4. The number of benzene rings is 1. The van der Waals surface area contributed by atoms with Gasteiger partial charge in [0.05, 0.1) is 5.69 Å². The highest BCUT2D eigenvalue weighted by Crippen LogP contribution is 2.22. The molecule has 2 aliphatic rings. The summed E-state index contributed by atoms with van der Waals surface area (Å²) in [6, 6.07) is 12.0. The first-order valence-electron chi connectivity index (χ1n) is 9.78. The van der Waals surface area contributed by atoms with E-state index < -0.39 is 0 Å². The van der Waals surface area contributed by atoms with Gasteiger partial charge in [0.1, 0.15) is 6.54 Å². The third kappa shape index (κ3) is 3.96. The summed E-state index contributed by atoms with van der Waals surface area (Å²) in [6.07, 6.45) is 0.411. The lowest BCUT2D eigenvalue weighted by Crippen LogP contribution is -2.52. The van der Waals surface area contributed by atoms with E-state index in [9.17, 15) is 14.4 Å². The molecule has 8 nitrogen and oxygen atoms in total. The van der Waals surface area contributed by atoms with Crippen LogP contribution in [0.1, 0.15) is 18.4 Å².